The van der Waals surface area contributed by atoms with E-state index in [1.54, 1.807) is 38.1 Å². The number of esters is 1. The van der Waals surface area contributed by atoms with E-state index < -0.39 is 22.7 Å². The molecule has 6 N–H and O–H groups in total. The van der Waals surface area contributed by atoms with E-state index in [1.807, 2.05) is 0 Å². The molecule has 0 bridgehead atoms. The molecule has 0 spiro atoms. The summed E-state index contributed by atoms with van der Waals surface area (Å²) >= 11 is 0. The highest BCUT2D eigenvalue weighted by molar-refractivity contribution is 5.93. The number of oxime groups is 1. The molecule has 14 nitrogen and oxygen atoms in total. The third kappa shape index (κ3) is 7.22. The molecule has 182 valence electrons. The van der Waals surface area contributed by atoms with Crippen LogP contribution in [0.15, 0.2) is 35.5 Å². The van der Waals surface area contributed by atoms with E-state index in [1.165, 1.54) is 0 Å². The molecule has 0 saturated carbocycles. The topological polar surface area (TPSA) is 203 Å². The van der Waals surface area contributed by atoms with Crippen molar-refractivity contribution in [2.45, 2.75) is 13.8 Å². The van der Waals surface area contributed by atoms with Crippen molar-refractivity contribution in [1.29, 1.82) is 0 Å². The van der Waals surface area contributed by atoms with Crippen LogP contribution in [0.5, 0.6) is 0 Å². The van der Waals surface area contributed by atoms with Crippen LogP contribution in [-0.4, -0.2) is 59.2 Å². The molecule has 14 heteroatoms. The van der Waals surface area contributed by atoms with Crippen LogP contribution >= 0.6 is 0 Å². The first-order chi connectivity index (χ1) is 16.3. The molecule has 0 unspecified atom stereocenters. The number of ether oxygens (including phenoxy) is 2. The first kappa shape index (κ1) is 25.6. The Kier molecular flexibility index (Phi) is 9.37. The maximum atomic E-state index is 11.7. The summed E-state index contributed by atoms with van der Waals surface area (Å²) in [6.45, 7) is 3.63. The zero-order valence-corrected chi connectivity index (χ0v) is 18.5. The molecule has 2 aromatic rings. The number of anilines is 4. The highest BCUT2D eigenvalue weighted by atomic mass is 16.6. The van der Waals surface area contributed by atoms with Gasteiger partial charge in [-0.15, -0.1) is 0 Å². The first-order valence-corrected chi connectivity index (χ1v) is 10.1. The number of carbonyl (C=O) groups excluding carboxylic acids is 2. The number of hydrogen-bond donors (Lipinski definition) is 5. The van der Waals surface area contributed by atoms with Crippen molar-refractivity contribution in [1.82, 2.24) is 4.98 Å². The number of nitrogens with two attached hydrogens (primary N) is 1. The van der Waals surface area contributed by atoms with Gasteiger partial charge in [-0.3, -0.25) is 15.4 Å². The second-order valence-corrected chi connectivity index (χ2v) is 6.57. The van der Waals surface area contributed by atoms with Crippen LogP contribution in [0.1, 0.15) is 24.2 Å². The van der Waals surface area contributed by atoms with Gasteiger partial charge in [-0.1, -0.05) is 5.16 Å². The number of nitro groups is 1. The number of hydrogen-bond acceptors (Lipinski definition) is 12. The van der Waals surface area contributed by atoms with Crippen molar-refractivity contribution in [3.8, 4) is 0 Å². The normalized spacial score (nSPS) is 10.8. The number of nitrogen functional groups attached to an aromatic ring is 1. The summed E-state index contributed by atoms with van der Waals surface area (Å²) in [5.41, 5.74) is 6.20. The Labute approximate surface area is 194 Å². The number of pyridine rings is 1. The average Bonchev–Trinajstić information content (AvgIpc) is 2.79. The molecule has 1 aromatic heterocycles. The highest BCUT2D eigenvalue weighted by Gasteiger charge is 2.22. The molecule has 0 aliphatic rings. The molecule has 0 radical (unpaired) electrons. The third-order valence-electron chi connectivity index (χ3n) is 4.20. The van der Waals surface area contributed by atoms with Crippen molar-refractivity contribution >= 4 is 46.5 Å². The lowest BCUT2D eigenvalue weighted by atomic mass is 10.2. The van der Waals surface area contributed by atoms with Gasteiger partial charge < -0.3 is 31.0 Å². The lowest BCUT2D eigenvalue weighted by Crippen LogP contribution is -2.24. The summed E-state index contributed by atoms with van der Waals surface area (Å²) in [5, 5.41) is 31.9. The SMILES string of the molecule is CCOC(=O)Nc1cc(N)c([N+](=O)[O-])c(NC/C(CNc2ccc(C(=O)OCC)cc2)=N\O)n1. The van der Waals surface area contributed by atoms with E-state index >= 15 is 0 Å². The van der Waals surface area contributed by atoms with E-state index in [4.69, 9.17) is 15.2 Å². The number of carbonyl (C=O) groups is 2. The molecule has 0 atom stereocenters. The number of nitrogens with zero attached hydrogens (tertiary/aromatic N) is 3. The number of benzene rings is 1. The van der Waals surface area contributed by atoms with E-state index in [9.17, 15) is 24.9 Å². The Bertz CT molecular complexity index is 1060. The van der Waals surface area contributed by atoms with Crippen LogP contribution in [0.2, 0.25) is 0 Å². The van der Waals surface area contributed by atoms with E-state index in [0.29, 0.717) is 11.3 Å². The molecule has 2 rings (SSSR count). The van der Waals surface area contributed by atoms with Crippen LogP contribution in [0.3, 0.4) is 0 Å². The van der Waals surface area contributed by atoms with Gasteiger partial charge in [0.25, 0.3) is 0 Å². The Hall–Kier alpha value is -4.62. The van der Waals surface area contributed by atoms with Gasteiger partial charge in [0.2, 0.25) is 5.82 Å². The Balaban J connectivity index is 2.06. The summed E-state index contributed by atoms with van der Waals surface area (Å²) in [6, 6.07) is 7.57. The van der Waals surface area contributed by atoms with Gasteiger partial charge in [0.1, 0.15) is 11.5 Å². The van der Waals surface area contributed by atoms with Crippen LogP contribution in [-0.2, 0) is 9.47 Å². The molecule has 1 amide bonds. The van der Waals surface area contributed by atoms with E-state index in [0.717, 1.165) is 6.07 Å². The van der Waals surface area contributed by atoms with Crippen molar-refractivity contribution in [3.05, 3.63) is 46.0 Å². The van der Waals surface area contributed by atoms with Crippen LogP contribution < -0.4 is 21.7 Å². The van der Waals surface area contributed by atoms with Crippen molar-refractivity contribution in [2.75, 3.05) is 48.0 Å². The molecule has 0 saturated heterocycles. The first-order valence-electron chi connectivity index (χ1n) is 10.1. The largest absolute Gasteiger partial charge is 0.462 e. The molecule has 0 aliphatic heterocycles. The van der Waals surface area contributed by atoms with Gasteiger partial charge in [0.15, 0.2) is 0 Å². The summed E-state index contributed by atoms with van der Waals surface area (Å²) < 4.78 is 9.68. The Morgan fingerprint density at radius 2 is 1.79 bits per heavy atom. The van der Waals surface area contributed by atoms with Crippen molar-refractivity contribution < 1.29 is 29.2 Å². The molecule has 0 aliphatic carbocycles. The molecule has 0 fully saturated rings. The number of nitrogens with one attached hydrogen (secondary N) is 3. The fourth-order valence-corrected chi connectivity index (χ4v) is 2.67. The maximum Gasteiger partial charge on any atom is 0.412 e. The predicted octanol–water partition coefficient (Wildman–Crippen LogP) is 2.67. The van der Waals surface area contributed by atoms with E-state index in [-0.39, 0.29) is 49.3 Å². The van der Waals surface area contributed by atoms with Gasteiger partial charge in [0.05, 0.1) is 42.5 Å². The minimum absolute atomic E-state index is 0.0618. The van der Waals surface area contributed by atoms with Gasteiger partial charge >= 0.3 is 17.7 Å². The molecular formula is C20H25N7O7. The summed E-state index contributed by atoms with van der Waals surface area (Å²) in [6.07, 6.45) is -0.801. The number of amides is 1. The van der Waals surface area contributed by atoms with Gasteiger partial charge in [0, 0.05) is 11.8 Å². The number of aromatic nitrogens is 1. The standard InChI is InChI=1S/C20H25N7O7/c1-3-33-19(28)12-5-7-13(8-6-12)22-10-14(26-30)11-23-18-17(27(31)32)15(21)9-16(24-18)25-20(29)34-4-2/h5-9,22,30H,3-4,10-11H2,1-2H3,(H4,21,23,24,25,29)/b26-14-. The molecule has 34 heavy (non-hydrogen) atoms. The average molecular weight is 475 g/mol. The monoisotopic (exact) mass is 475 g/mol. The second-order valence-electron chi connectivity index (χ2n) is 6.57. The zero-order chi connectivity index (χ0) is 25.1. The van der Waals surface area contributed by atoms with Crippen LogP contribution in [0.25, 0.3) is 0 Å². The zero-order valence-electron chi connectivity index (χ0n) is 18.5. The molecule has 1 heterocycles. The van der Waals surface area contributed by atoms with Crippen molar-refractivity contribution in [2.24, 2.45) is 5.16 Å². The quantitative estimate of drug-likeness (QED) is 0.105. The Morgan fingerprint density at radius 3 is 2.38 bits per heavy atom. The summed E-state index contributed by atoms with van der Waals surface area (Å²) in [7, 11) is 0. The van der Waals surface area contributed by atoms with Crippen molar-refractivity contribution in [3.63, 3.8) is 0 Å². The second kappa shape index (κ2) is 12.4. The molecular weight excluding hydrogens is 450 g/mol. The Morgan fingerprint density at radius 1 is 1.15 bits per heavy atom. The fraction of sp³-hybridized carbons (Fsp3) is 0.300. The smallest absolute Gasteiger partial charge is 0.412 e. The fourth-order valence-electron chi connectivity index (χ4n) is 2.67. The minimum atomic E-state index is -0.801. The third-order valence-corrected chi connectivity index (χ3v) is 4.20. The summed E-state index contributed by atoms with van der Waals surface area (Å²) in [4.78, 5) is 38.0. The lowest BCUT2D eigenvalue weighted by Gasteiger charge is -2.12. The maximum absolute atomic E-state index is 11.7. The predicted molar refractivity (Wildman–Crippen MR) is 125 cm³/mol. The van der Waals surface area contributed by atoms with Gasteiger partial charge in [-0.25, -0.2) is 14.6 Å². The van der Waals surface area contributed by atoms with Crippen LogP contribution in [0.4, 0.5) is 33.5 Å². The minimum Gasteiger partial charge on any atom is -0.462 e. The summed E-state index contributed by atoms with van der Waals surface area (Å²) in [5.74, 6) is -0.744. The van der Waals surface area contributed by atoms with Crippen LogP contribution in [0, 0.1) is 10.1 Å². The lowest BCUT2D eigenvalue weighted by molar-refractivity contribution is -0.383. The van der Waals surface area contributed by atoms with Gasteiger partial charge in [-0.05, 0) is 38.1 Å². The van der Waals surface area contributed by atoms with Gasteiger partial charge in [-0.2, -0.15) is 0 Å². The number of rotatable bonds is 11. The highest BCUT2D eigenvalue weighted by Crippen LogP contribution is 2.31. The van der Waals surface area contributed by atoms with E-state index in [2.05, 4.69) is 26.1 Å². The molecule has 1 aromatic carbocycles.